The Bertz CT molecular complexity index is 227. The van der Waals surface area contributed by atoms with Gasteiger partial charge in [0.2, 0.25) is 0 Å². The minimum atomic E-state index is 0.259. The second-order valence-corrected chi connectivity index (χ2v) is 5.98. The standard InChI is InChI=1S/C13H27N3/c1-4-14-13(2,3)11-15-8-9-16-7-5-6-12(16)10-15/h12,14H,4-11H2,1-3H3. The second-order valence-electron chi connectivity index (χ2n) is 5.98. The molecule has 0 aromatic rings. The number of nitrogens with one attached hydrogen (secondary N) is 1. The third kappa shape index (κ3) is 2.96. The van der Waals surface area contributed by atoms with Crippen LogP contribution in [0.5, 0.6) is 0 Å². The quantitative estimate of drug-likeness (QED) is 0.774. The van der Waals surface area contributed by atoms with Gasteiger partial charge in [-0.15, -0.1) is 0 Å². The van der Waals surface area contributed by atoms with Crippen molar-refractivity contribution >= 4 is 0 Å². The van der Waals surface area contributed by atoms with E-state index in [1.807, 2.05) is 0 Å². The van der Waals surface area contributed by atoms with E-state index in [1.54, 1.807) is 0 Å². The molecule has 0 spiro atoms. The number of rotatable bonds is 4. The zero-order valence-electron chi connectivity index (χ0n) is 11.1. The molecule has 2 saturated heterocycles. The van der Waals surface area contributed by atoms with E-state index in [9.17, 15) is 0 Å². The van der Waals surface area contributed by atoms with Crippen LogP contribution in [-0.4, -0.2) is 60.6 Å². The molecule has 2 aliphatic heterocycles. The van der Waals surface area contributed by atoms with Gasteiger partial charge in [0.25, 0.3) is 0 Å². The molecule has 0 saturated carbocycles. The zero-order chi connectivity index (χ0) is 11.6. The third-order valence-corrected chi connectivity index (χ3v) is 3.95. The van der Waals surface area contributed by atoms with E-state index >= 15 is 0 Å². The van der Waals surface area contributed by atoms with Gasteiger partial charge in [0.05, 0.1) is 0 Å². The van der Waals surface area contributed by atoms with Crippen LogP contribution in [0.15, 0.2) is 0 Å². The van der Waals surface area contributed by atoms with Crippen LogP contribution in [-0.2, 0) is 0 Å². The highest BCUT2D eigenvalue weighted by atomic mass is 15.3. The molecule has 0 amide bonds. The van der Waals surface area contributed by atoms with Crippen molar-refractivity contribution in [1.82, 2.24) is 15.1 Å². The average molecular weight is 225 g/mol. The summed E-state index contributed by atoms with van der Waals surface area (Å²) in [7, 11) is 0. The lowest BCUT2D eigenvalue weighted by molar-refractivity contribution is 0.0847. The SMILES string of the molecule is CCNC(C)(C)CN1CCN2CCCC2C1. The van der Waals surface area contributed by atoms with Crippen LogP contribution in [0.25, 0.3) is 0 Å². The van der Waals surface area contributed by atoms with Crippen LogP contribution in [0.3, 0.4) is 0 Å². The molecular weight excluding hydrogens is 198 g/mol. The van der Waals surface area contributed by atoms with Crippen LogP contribution in [0.2, 0.25) is 0 Å². The molecule has 0 radical (unpaired) electrons. The van der Waals surface area contributed by atoms with Crippen LogP contribution in [0, 0.1) is 0 Å². The fourth-order valence-electron chi connectivity index (χ4n) is 3.29. The lowest BCUT2D eigenvalue weighted by Gasteiger charge is -2.41. The van der Waals surface area contributed by atoms with Crippen LogP contribution < -0.4 is 5.32 Å². The Balaban J connectivity index is 1.82. The third-order valence-electron chi connectivity index (χ3n) is 3.95. The molecule has 0 aliphatic carbocycles. The van der Waals surface area contributed by atoms with Gasteiger partial charge in [0.15, 0.2) is 0 Å². The highest BCUT2D eigenvalue weighted by Crippen LogP contribution is 2.22. The maximum atomic E-state index is 3.57. The Morgan fingerprint density at radius 2 is 2.06 bits per heavy atom. The summed E-state index contributed by atoms with van der Waals surface area (Å²) in [6, 6.07) is 0.853. The molecule has 0 aromatic carbocycles. The van der Waals surface area contributed by atoms with Crippen LogP contribution in [0.4, 0.5) is 0 Å². The Morgan fingerprint density at radius 1 is 1.25 bits per heavy atom. The molecule has 3 nitrogen and oxygen atoms in total. The van der Waals surface area contributed by atoms with Gasteiger partial charge in [0.1, 0.15) is 0 Å². The molecular formula is C13H27N3. The fourth-order valence-corrected chi connectivity index (χ4v) is 3.29. The summed E-state index contributed by atoms with van der Waals surface area (Å²) < 4.78 is 0. The summed E-state index contributed by atoms with van der Waals surface area (Å²) in [6.07, 6.45) is 2.83. The van der Waals surface area contributed by atoms with E-state index in [-0.39, 0.29) is 5.54 Å². The summed E-state index contributed by atoms with van der Waals surface area (Å²) in [6.45, 7) is 14.2. The van der Waals surface area contributed by atoms with Gasteiger partial charge in [-0.2, -0.15) is 0 Å². The summed E-state index contributed by atoms with van der Waals surface area (Å²) in [4.78, 5) is 5.33. The number of piperazine rings is 1. The van der Waals surface area contributed by atoms with E-state index < -0.39 is 0 Å². The largest absolute Gasteiger partial charge is 0.311 e. The monoisotopic (exact) mass is 225 g/mol. The van der Waals surface area contributed by atoms with Crippen molar-refractivity contribution in [3.05, 3.63) is 0 Å². The lowest BCUT2D eigenvalue weighted by atomic mass is 10.0. The van der Waals surface area contributed by atoms with Crippen molar-refractivity contribution in [2.75, 3.05) is 39.3 Å². The lowest BCUT2D eigenvalue weighted by Crippen LogP contribution is -2.56. The van der Waals surface area contributed by atoms with Gasteiger partial charge in [-0.1, -0.05) is 6.92 Å². The summed E-state index contributed by atoms with van der Waals surface area (Å²) in [5.41, 5.74) is 0.259. The van der Waals surface area contributed by atoms with E-state index in [0.717, 1.165) is 12.6 Å². The van der Waals surface area contributed by atoms with Gasteiger partial charge in [-0.3, -0.25) is 9.80 Å². The number of nitrogens with zero attached hydrogens (tertiary/aromatic N) is 2. The highest BCUT2D eigenvalue weighted by molar-refractivity contribution is 4.90. The first-order valence-corrected chi connectivity index (χ1v) is 6.82. The van der Waals surface area contributed by atoms with Crippen molar-refractivity contribution in [2.45, 2.75) is 45.2 Å². The molecule has 2 heterocycles. The van der Waals surface area contributed by atoms with Gasteiger partial charge < -0.3 is 5.32 Å². The number of hydrogen-bond acceptors (Lipinski definition) is 3. The van der Waals surface area contributed by atoms with Crippen molar-refractivity contribution in [2.24, 2.45) is 0 Å². The van der Waals surface area contributed by atoms with E-state index in [1.165, 1.54) is 45.6 Å². The summed E-state index contributed by atoms with van der Waals surface area (Å²) in [5.74, 6) is 0. The van der Waals surface area contributed by atoms with E-state index in [2.05, 4.69) is 35.9 Å². The molecule has 1 N–H and O–H groups in total. The fraction of sp³-hybridized carbons (Fsp3) is 1.00. The smallest absolute Gasteiger partial charge is 0.0252 e. The minimum Gasteiger partial charge on any atom is -0.311 e. The Kier molecular flexibility index (Phi) is 3.88. The Hall–Kier alpha value is -0.120. The maximum absolute atomic E-state index is 3.57. The van der Waals surface area contributed by atoms with Gasteiger partial charge in [-0.25, -0.2) is 0 Å². The van der Waals surface area contributed by atoms with Gasteiger partial charge in [0, 0.05) is 37.8 Å². The van der Waals surface area contributed by atoms with Crippen molar-refractivity contribution in [1.29, 1.82) is 0 Å². The summed E-state index contributed by atoms with van der Waals surface area (Å²) in [5, 5.41) is 3.57. The first-order chi connectivity index (χ1) is 7.61. The molecule has 16 heavy (non-hydrogen) atoms. The maximum Gasteiger partial charge on any atom is 0.0252 e. The van der Waals surface area contributed by atoms with Crippen LogP contribution >= 0.6 is 0 Å². The summed E-state index contributed by atoms with van der Waals surface area (Å²) >= 11 is 0. The Morgan fingerprint density at radius 3 is 2.81 bits per heavy atom. The van der Waals surface area contributed by atoms with Crippen molar-refractivity contribution < 1.29 is 0 Å². The molecule has 1 unspecified atom stereocenters. The molecule has 2 aliphatic rings. The Labute approximate surface area is 100 Å². The predicted molar refractivity (Wildman–Crippen MR) is 68.8 cm³/mol. The molecule has 0 aromatic heterocycles. The molecule has 1 atom stereocenters. The molecule has 2 rings (SSSR count). The van der Waals surface area contributed by atoms with E-state index in [0.29, 0.717) is 0 Å². The molecule has 2 fully saturated rings. The van der Waals surface area contributed by atoms with E-state index in [4.69, 9.17) is 0 Å². The number of hydrogen-bond donors (Lipinski definition) is 1. The average Bonchev–Trinajstić information content (AvgIpc) is 2.63. The first kappa shape index (κ1) is 12.3. The molecule has 0 bridgehead atoms. The van der Waals surface area contributed by atoms with Crippen LogP contribution in [0.1, 0.15) is 33.6 Å². The first-order valence-electron chi connectivity index (χ1n) is 6.82. The minimum absolute atomic E-state index is 0.259. The van der Waals surface area contributed by atoms with Gasteiger partial charge >= 0.3 is 0 Å². The van der Waals surface area contributed by atoms with Crippen molar-refractivity contribution in [3.63, 3.8) is 0 Å². The predicted octanol–water partition coefficient (Wildman–Crippen LogP) is 1.15. The van der Waals surface area contributed by atoms with Crippen molar-refractivity contribution in [3.8, 4) is 0 Å². The topological polar surface area (TPSA) is 18.5 Å². The van der Waals surface area contributed by atoms with Gasteiger partial charge in [-0.05, 0) is 39.8 Å². The highest BCUT2D eigenvalue weighted by Gasteiger charge is 2.32. The number of fused-ring (bicyclic) bond motifs is 1. The molecule has 94 valence electrons. The molecule has 3 heteroatoms. The second kappa shape index (κ2) is 5.03. The number of likely N-dealkylation sites (N-methyl/N-ethyl adjacent to an activating group) is 1. The normalized spacial score (nSPS) is 28.3. The zero-order valence-corrected chi connectivity index (χ0v) is 11.1.